The van der Waals surface area contributed by atoms with Gasteiger partial charge in [0.2, 0.25) is 0 Å². The highest BCUT2D eigenvalue weighted by Gasteiger charge is 2.34. The van der Waals surface area contributed by atoms with Gasteiger partial charge in [0.05, 0.1) is 17.0 Å². The Kier molecular flexibility index (Phi) is 2.31. The Hall–Kier alpha value is -0.890. The fourth-order valence-corrected chi connectivity index (χ4v) is 2.21. The first-order chi connectivity index (χ1) is 6.61. The third-order valence-corrected chi connectivity index (χ3v) is 3.09. The van der Waals surface area contributed by atoms with E-state index in [2.05, 4.69) is 18.7 Å². The molecule has 2 nitrogen and oxygen atoms in total. The first-order valence-corrected chi connectivity index (χ1v) is 5.21. The van der Waals surface area contributed by atoms with Crippen LogP contribution < -0.4 is 0 Å². The Balaban J connectivity index is 2.27. The highest BCUT2D eigenvalue weighted by Crippen LogP contribution is 2.35. The molecule has 2 rings (SSSR count). The lowest BCUT2D eigenvalue weighted by molar-refractivity contribution is 0.229. The largest absolute Gasteiger partial charge is 0.510 e. The lowest BCUT2D eigenvalue weighted by atomic mass is 9.94. The van der Waals surface area contributed by atoms with Gasteiger partial charge in [-0.3, -0.25) is 0 Å². The van der Waals surface area contributed by atoms with Crippen LogP contribution in [0.5, 0.6) is 0 Å². The first-order valence-electron chi connectivity index (χ1n) is 4.84. The van der Waals surface area contributed by atoms with Crippen molar-refractivity contribution in [2.75, 3.05) is 0 Å². The molecule has 0 aromatic carbocycles. The molecule has 3 heteroatoms. The summed E-state index contributed by atoms with van der Waals surface area (Å²) in [7, 11) is 0. The molecule has 0 bridgehead atoms. The van der Waals surface area contributed by atoms with E-state index in [9.17, 15) is 5.11 Å². The van der Waals surface area contributed by atoms with E-state index >= 15 is 0 Å². The molecule has 76 valence electrons. The smallest absolute Gasteiger partial charge is 0.120 e. The molecule has 2 aliphatic rings. The molecule has 0 radical (unpaired) electrons. The second-order valence-corrected chi connectivity index (χ2v) is 4.40. The Morgan fingerprint density at radius 3 is 2.79 bits per heavy atom. The number of fused-ring (bicyclic) bond motifs is 1. The van der Waals surface area contributed by atoms with Crippen molar-refractivity contribution < 1.29 is 5.11 Å². The van der Waals surface area contributed by atoms with Crippen LogP contribution in [0, 0.1) is 5.92 Å². The Morgan fingerprint density at radius 1 is 1.43 bits per heavy atom. The van der Waals surface area contributed by atoms with Crippen molar-refractivity contribution in [1.82, 2.24) is 4.90 Å². The molecule has 14 heavy (non-hydrogen) atoms. The van der Waals surface area contributed by atoms with Gasteiger partial charge >= 0.3 is 0 Å². The first kappa shape index (κ1) is 9.66. The second-order valence-electron chi connectivity index (χ2n) is 3.99. The fraction of sp³-hybridized carbons (Fsp3) is 0.455. The second kappa shape index (κ2) is 3.35. The van der Waals surface area contributed by atoms with Gasteiger partial charge < -0.3 is 10.0 Å². The van der Waals surface area contributed by atoms with Crippen LogP contribution in [0.3, 0.4) is 0 Å². The van der Waals surface area contributed by atoms with E-state index in [-0.39, 0.29) is 12.0 Å². The summed E-state index contributed by atoms with van der Waals surface area (Å²) in [6.45, 7) is 4.27. The van der Waals surface area contributed by atoms with Crippen molar-refractivity contribution in [1.29, 1.82) is 0 Å². The van der Waals surface area contributed by atoms with E-state index in [1.54, 1.807) is 6.08 Å². The van der Waals surface area contributed by atoms with Crippen molar-refractivity contribution >= 4 is 11.6 Å². The number of halogens is 1. The molecular formula is C11H14ClNO. The Labute approximate surface area is 89.2 Å². The maximum absolute atomic E-state index is 9.77. The van der Waals surface area contributed by atoms with Crippen LogP contribution in [0.1, 0.15) is 13.8 Å². The average molecular weight is 212 g/mol. The van der Waals surface area contributed by atoms with Crippen molar-refractivity contribution in [2.24, 2.45) is 5.92 Å². The predicted octanol–water partition coefficient (Wildman–Crippen LogP) is 2.79. The molecule has 1 N–H and O–H groups in total. The van der Waals surface area contributed by atoms with E-state index in [1.807, 2.05) is 18.4 Å². The molecule has 0 spiro atoms. The van der Waals surface area contributed by atoms with Gasteiger partial charge in [0, 0.05) is 6.04 Å². The molecular weight excluding hydrogens is 198 g/mol. The minimum atomic E-state index is 0.0369. The Morgan fingerprint density at radius 2 is 2.14 bits per heavy atom. The van der Waals surface area contributed by atoms with Gasteiger partial charge in [-0.25, -0.2) is 0 Å². The number of hydrogen-bond acceptors (Lipinski definition) is 2. The Bertz CT molecular complexity index is 330. The molecule has 2 atom stereocenters. The van der Waals surface area contributed by atoms with Crippen LogP contribution in [0.15, 0.2) is 35.2 Å². The molecule has 0 fully saturated rings. The van der Waals surface area contributed by atoms with Crippen molar-refractivity contribution in [2.45, 2.75) is 25.9 Å². The van der Waals surface area contributed by atoms with Gasteiger partial charge in [-0.05, 0) is 26.1 Å². The van der Waals surface area contributed by atoms with Crippen molar-refractivity contribution in [3.63, 3.8) is 0 Å². The van der Waals surface area contributed by atoms with Crippen LogP contribution in [0.2, 0.25) is 0 Å². The van der Waals surface area contributed by atoms with Crippen molar-refractivity contribution in [3.05, 3.63) is 35.2 Å². The molecule has 0 saturated carbocycles. The maximum Gasteiger partial charge on any atom is 0.120 e. The molecule has 2 unspecified atom stereocenters. The van der Waals surface area contributed by atoms with E-state index in [0.717, 1.165) is 0 Å². The quantitative estimate of drug-likeness (QED) is 0.721. The summed E-state index contributed by atoms with van der Waals surface area (Å²) in [5.41, 5.74) is 0. The molecule has 1 aliphatic carbocycles. The normalized spacial score (nSPS) is 30.4. The van der Waals surface area contributed by atoms with Crippen LogP contribution in [-0.2, 0) is 0 Å². The van der Waals surface area contributed by atoms with Crippen LogP contribution in [0.25, 0.3) is 0 Å². The number of nitrogens with zero attached hydrogens (tertiary/aromatic N) is 1. The number of allylic oxidation sites excluding steroid dienone is 2. The number of aliphatic hydroxyl groups excluding tert-OH is 1. The van der Waals surface area contributed by atoms with Crippen LogP contribution in [-0.4, -0.2) is 22.1 Å². The number of hydrogen-bond donors (Lipinski definition) is 1. The van der Waals surface area contributed by atoms with E-state index in [4.69, 9.17) is 11.6 Å². The summed E-state index contributed by atoms with van der Waals surface area (Å²) in [4.78, 5) is 2.22. The fourth-order valence-electron chi connectivity index (χ4n) is 2.01. The summed E-state index contributed by atoms with van der Waals surface area (Å²) >= 11 is 5.85. The summed E-state index contributed by atoms with van der Waals surface area (Å²) in [6, 6.07) is 0.674. The van der Waals surface area contributed by atoms with Gasteiger partial charge in [-0.15, -0.1) is 0 Å². The highest BCUT2D eigenvalue weighted by atomic mass is 35.5. The zero-order valence-corrected chi connectivity index (χ0v) is 9.07. The SMILES string of the molecule is CC(C)N1C=CC2C(O)=C(Cl)C=CC21. The van der Waals surface area contributed by atoms with Crippen LogP contribution >= 0.6 is 11.6 Å². The third-order valence-electron chi connectivity index (χ3n) is 2.77. The zero-order chi connectivity index (χ0) is 10.3. The molecule has 0 aromatic heterocycles. The molecule has 0 amide bonds. The van der Waals surface area contributed by atoms with Gasteiger partial charge in [0.15, 0.2) is 0 Å². The van der Waals surface area contributed by atoms with E-state index in [0.29, 0.717) is 16.8 Å². The summed E-state index contributed by atoms with van der Waals surface area (Å²) in [5, 5.41) is 10.2. The lowest BCUT2D eigenvalue weighted by Gasteiger charge is -2.32. The highest BCUT2D eigenvalue weighted by molar-refractivity contribution is 6.31. The molecule has 1 heterocycles. The van der Waals surface area contributed by atoms with E-state index in [1.165, 1.54) is 0 Å². The molecule has 0 aromatic rings. The number of rotatable bonds is 1. The average Bonchev–Trinajstić information content (AvgIpc) is 2.55. The summed E-state index contributed by atoms with van der Waals surface area (Å²) < 4.78 is 0. The third kappa shape index (κ3) is 1.34. The van der Waals surface area contributed by atoms with Gasteiger partial charge in [0.1, 0.15) is 5.76 Å². The van der Waals surface area contributed by atoms with Crippen LogP contribution in [0.4, 0.5) is 0 Å². The van der Waals surface area contributed by atoms with Gasteiger partial charge in [-0.1, -0.05) is 23.8 Å². The van der Waals surface area contributed by atoms with E-state index < -0.39 is 0 Å². The predicted molar refractivity (Wildman–Crippen MR) is 58.0 cm³/mol. The van der Waals surface area contributed by atoms with Crippen molar-refractivity contribution in [3.8, 4) is 0 Å². The minimum Gasteiger partial charge on any atom is -0.510 e. The van der Waals surface area contributed by atoms with Gasteiger partial charge in [-0.2, -0.15) is 0 Å². The standard InChI is InChI=1S/C11H14ClNO/c1-7(2)13-6-5-8-10(13)4-3-9(12)11(8)14/h3-8,10,14H,1-2H3. The zero-order valence-electron chi connectivity index (χ0n) is 8.31. The molecule has 0 saturated heterocycles. The summed E-state index contributed by atoms with van der Waals surface area (Å²) in [5.74, 6) is 0.327. The number of aliphatic hydroxyl groups is 1. The topological polar surface area (TPSA) is 23.5 Å². The van der Waals surface area contributed by atoms with Gasteiger partial charge in [0.25, 0.3) is 0 Å². The lowest BCUT2D eigenvalue weighted by Crippen LogP contribution is -2.36. The summed E-state index contributed by atoms with van der Waals surface area (Å²) in [6.07, 6.45) is 7.87. The monoisotopic (exact) mass is 211 g/mol. The minimum absolute atomic E-state index is 0.0369. The maximum atomic E-state index is 9.77. The molecule has 1 aliphatic heterocycles.